The summed E-state index contributed by atoms with van der Waals surface area (Å²) in [6.07, 6.45) is 4.54. The third-order valence-corrected chi connectivity index (χ3v) is 9.90. The van der Waals surface area contributed by atoms with Gasteiger partial charge < -0.3 is 33.9 Å². The fourth-order valence-electron chi connectivity index (χ4n) is 6.02. The van der Waals surface area contributed by atoms with E-state index in [2.05, 4.69) is 5.32 Å². The van der Waals surface area contributed by atoms with Crippen LogP contribution in [0.3, 0.4) is 0 Å². The largest absolute Gasteiger partial charge is 0.520 e. The van der Waals surface area contributed by atoms with Crippen molar-refractivity contribution in [3.8, 4) is 0 Å². The number of benzene rings is 1. The number of ether oxygens (including phenoxy) is 3. The first kappa shape index (κ1) is 42.0. The van der Waals surface area contributed by atoms with Crippen molar-refractivity contribution in [1.29, 1.82) is 0 Å². The summed E-state index contributed by atoms with van der Waals surface area (Å²) in [6, 6.07) is 2.86. The number of epoxide rings is 1. The molecule has 2 saturated heterocycles. The van der Waals surface area contributed by atoms with Gasteiger partial charge in [0.2, 0.25) is 5.91 Å². The molecule has 3 aliphatic rings. The van der Waals surface area contributed by atoms with Crippen LogP contribution < -0.4 is 10.2 Å². The average Bonchev–Trinajstić information content (AvgIpc) is 3.68. The summed E-state index contributed by atoms with van der Waals surface area (Å²) in [7, 11) is 3.02. The van der Waals surface area contributed by atoms with Gasteiger partial charge in [0.25, 0.3) is 0 Å². The Morgan fingerprint density at radius 3 is 2.55 bits per heavy atom. The first-order chi connectivity index (χ1) is 21.0. The Labute approximate surface area is 332 Å². The van der Waals surface area contributed by atoms with Crippen LogP contribution in [-0.4, -0.2) is 84.2 Å². The molecule has 0 spiro atoms. The zero-order valence-corrected chi connectivity index (χ0v) is 34.6. The van der Waals surface area contributed by atoms with Crippen LogP contribution in [0.2, 0.25) is 5.02 Å². The van der Waals surface area contributed by atoms with Crippen molar-refractivity contribution >= 4 is 41.7 Å². The maximum atomic E-state index is 13.8. The number of nitrogens with zero attached hydrogens (tertiary/aromatic N) is 2. The van der Waals surface area contributed by atoms with E-state index in [0.29, 0.717) is 17.1 Å². The number of nitrogens with one attached hydrogen (secondary N) is 1. The van der Waals surface area contributed by atoms with Gasteiger partial charge in [-0.1, -0.05) is 55.3 Å². The Kier molecular flexibility index (Phi) is 14.9. The molecule has 2 N–H and O–H groups in total. The fraction of sp³-hybridized carbons (Fsp3) is 0.576. The van der Waals surface area contributed by atoms with E-state index in [4.69, 9.17) is 25.8 Å². The number of alkyl carbamates (subject to hydrolysis) is 1. The summed E-state index contributed by atoms with van der Waals surface area (Å²) in [5.74, 6) is -2.01. The second-order valence-corrected chi connectivity index (χ2v) is 13.2. The number of hydrogen-bond acceptors (Lipinski definition) is 8. The molecule has 0 aliphatic carbocycles. The number of rotatable bonds is 4. The Morgan fingerprint density at radius 1 is 1.26 bits per heavy atom. The number of hydrogen-bond donors (Lipinski definition) is 2. The van der Waals surface area contributed by atoms with Gasteiger partial charge in [-0.05, 0) is 58.4 Å². The zero-order valence-electron chi connectivity index (χ0n) is 28.2. The number of anilines is 1. The Bertz CT molecular complexity index is 1430. The molecule has 2 fully saturated rings. The van der Waals surface area contributed by atoms with Gasteiger partial charge in [0, 0.05) is 90.7 Å². The fourth-order valence-corrected chi connectivity index (χ4v) is 6.26. The van der Waals surface area contributed by atoms with E-state index in [-0.39, 0.29) is 84.2 Å². The standard InChI is InChI=1S/C33H43ClN3O8.2Y/c1-18-10-9-11-20(3)33(42)16-25(43-31(41)35-33)21(4)29-32(6,45-29)26(44-30(40)22(5)36(7)17-38)15-27(39)37(8)24-14-23(12-18)13-19(2)28(24)34;;/h9-11,13-14,20-22,25-26,29,42H,12,15-16H2,1-8H3,(H,35,41);;/q-1;;/b11-9+,18-10+;;/t20?,21?,22-,25?,26?,29?,32?,33?;;/m0../s1. The molecule has 3 amide bonds. The zero-order chi connectivity index (χ0) is 33.4. The summed E-state index contributed by atoms with van der Waals surface area (Å²) in [4.78, 5) is 53.3. The van der Waals surface area contributed by atoms with Crippen LogP contribution in [0.5, 0.6) is 0 Å². The summed E-state index contributed by atoms with van der Waals surface area (Å²) < 4.78 is 17.7. The number of aryl methyl sites for hydroxylation is 1. The van der Waals surface area contributed by atoms with Crippen LogP contribution in [0.4, 0.5) is 10.5 Å². The number of carbonyl (C=O) groups is 3. The topological polar surface area (TPSA) is 138 Å². The van der Waals surface area contributed by atoms with E-state index in [1.807, 2.05) is 58.1 Å². The van der Waals surface area contributed by atoms with Crippen molar-refractivity contribution in [1.82, 2.24) is 10.2 Å². The molecule has 0 saturated carbocycles. The summed E-state index contributed by atoms with van der Waals surface area (Å²) in [6.45, 7) is 10.7. The smallest absolute Gasteiger partial charge is 0.409 e. The van der Waals surface area contributed by atoms with Crippen LogP contribution in [0.25, 0.3) is 0 Å². The van der Waals surface area contributed by atoms with Crippen molar-refractivity contribution in [2.24, 2.45) is 11.8 Å². The third kappa shape index (κ3) is 9.33. The second-order valence-electron chi connectivity index (χ2n) is 12.8. The number of fused-ring (bicyclic) bond motifs is 5. The molecule has 8 atom stereocenters. The number of amides is 3. The average molecular weight is 823 g/mol. The SMILES string of the molecule is C/C1=C\C=C\C(C)C2(O)CC(OC(=O)N2)C(C)C2OC2(C)C(OC(=O)[C@H](C)N(C)[C-]=O)CC(=O)N(C)c2cc(cc(C)c2Cl)C1.[Y].[Y]. The number of allylic oxidation sites excluding steroid dienone is 3. The molecule has 47 heavy (non-hydrogen) atoms. The Hall–Kier alpha value is -1.20. The molecular weight excluding hydrogens is 780 g/mol. The van der Waals surface area contributed by atoms with E-state index in [9.17, 15) is 24.3 Å². The predicted octanol–water partition coefficient (Wildman–Crippen LogP) is 3.97. The van der Waals surface area contributed by atoms with Crippen LogP contribution in [0.1, 0.15) is 58.6 Å². The van der Waals surface area contributed by atoms with Crippen molar-refractivity contribution < 1.29 is 104 Å². The molecule has 4 bridgehead atoms. The van der Waals surface area contributed by atoms with Gasteiger partial charge in [-0.2, -0.15) is 6.41 Å². The first-order valence-electron chi connectivity index (χ1n) is 15.1. The molecule has 1 aromatic rings. The number of halogens is 1. The third-order valence-electron chi connectivity index (χ3n) is 9.41. The summed E-state index contributed by atoms with van der Waals surface area (Å²) in [5, 5.41) is 14.5. The van der Waals surface area contributed by atoms with Gasteiger partial charge in [0.05, 0.1) is 29.3 Å². The number of carbonyl (C=O) groups excluding carboxylic acids is 4. The molecule has 0 aromatic heterocycles. The van der Waals surface area contributed by atoms with Gasteiger partial charge in [0.1, 0.15) is 23.5 Å². The Balaban J connectivity index is 0.00000384. The summed E-state index contributed by atoms with van der Waals surface area (Å²) in [5.41, 5.74) is 0.555. The van der Waals surface area contributed by atoms with Crippen molar-refractivity contribution in [2.45, 2.75) is 96.5 Å². The van der Waals surface area contributed by atoms with Gasteiger partial charge in [-0.15, -0.1) is 0 Å². The normalized spacial score (nSPS) is 33.2. The van der Waals surface area contributed by atoms with E-state index < -0.39 is 59.6 Å². The van der Waals surface area contributed by atoms with E-state index in [1.165, 1.54) is 18.9 Å². The van der Waals surface area contributed by atoms with Gasteiger partial charge in [-0.25, -0.2) is 9.59 Å². The van der Waals surface area contributed by atoms with Gasteiger partial charge in [-0.3, -0.25) is 10.1 Å². The molecule has 3 heterocycles. The van der Waals surface area contributed by atoms with E-state index in [1.54, 1.807) is 20.4 Å². The van der Waals surface area contributed by atoms with Crippen LogP contribution in [0, 0.1) is 18.8 Å². The molecule has 14 heteroatoms. The number of esters is 1. The van der Waals surface area contributed by atoms with Gasteiger partial charge in [0.15, 0.2) is 0 Å². The molecule has 11 nitrogen and oxygen atoms in total. The maximum absolute atomic E-state index is 13.8. The quantitative estimate of drug-likeness (QED) is 0.202. The minimum absolute atomic E-state index is 0. The number of aliphatic hydroxyl groups is 1. The second kappa shape index (κ2) is 16.7. The predicted molar refractivity (Wildman–Crippen MR) is 168 cm³/mol. The maximum Gasteiger partial charge on any atom is 0.409 e. The van der Waals surface area contributed by atoms with Crippen LogP contribution in [-0.2, 0) is 100 Å². The van der Waals surface area contributed by atoms with Crippen LogP contribution >= 0.6 is 11.6 Å². The van der Waals surface area contributed by atoms with Gasteiger partial charge >= 0.3 is 12.1 Å². The first-order valence-corrected chi connectivity index (χ1v) is 15.5. The number of likely N-dealkylation sites (N-methyl/N-ethyl adjacent to an activating group) is 1. The molecule has 4 rings (SSSR count). The Morgan fingerprint density at radius 2 is 1.91 bits per heavy atom. The minimum atomic E-state index is -1.58. The van der Waals surface area contributed by atoms with Crippen molar-refractivity contribution in [2.75, 3.05) is 19.0 Å². The minimum Gasteiger partial charge on any atom is -0.520 e. The van der Waals surface area contributed by atoms with Crippen molar-refractivity contribution in [3.05, 3.63) is 52.1 Å². The van der Waals surface area contributed by atoms with Crippen molar-refractivity contribution in [3.63, 3.8) is 0 Å². The molecule has 252 valence electrons. The van der Waals surface area contributed by atoms with E-state index >= 15 is 0 Å². The van der Waals surface area contributed by atoms with Crippen LogP contribution in [0.15, 0.2) is 35.9 Å². The molecule has 2 radical (unpaired) electrons. The summed E-state index contributed by atoms with van der Waals surface area (Å²) >= 11 is 6.70. The molecule has 3 aliphatic heterocycles. The molecule has 7 unspecified atom stereocenters. The molecule has 1 aromatic carbocycles. The monoisotopic (exact) mass is 822 g/mol. The van der Waals surface area contributed by atoms with E-state index in [0.717, 1.165) is 21.6 Å². The molecular formula is C33H43ClN3O8Y2-.